The highest BCUT2D eigenvalue weighted by Gasteiger charge is 2.19. The number of sulfonamides is 1. The topological polar surface area (TPSA) is 133 Å². The molecule has 1 N–H and O–H groups in total. The summed E-state index contributed by atoms with van der Waals surface area (Å²) in [5, 5.41) is 10.8. The van der Waals surface area contributed by atoms with Crippen LogP contribution in [0.15, 0.2) is 30.5 Å². The molecule has 11 nitrogen and oxygen atoms in total. The average Bonchev–Trinajstić information content (AvgIpc) is 3.32. The van der Waals surface area contributed by atoms with E-state index in [0.717, 1.165) is 0 Å². The second kappa shape index (κ2) is 14.7. The molecule has 0 atom stereocenters. The first kappa shape index (κ1) is 29.4. The van der Waals surface area contributed by atoms with Crippen LogP contribution in [-0.2, 0) is 37.4 Å². The van der Waals surface area contributed by atoms with E-state index in [1.54, 1.807) is 42.1 Å². The summed E-state index contributed by atoms with van der Waals surface area (Å²) in [6.45, 7) is 7.70. The summed E-state index contributed by atoms with van der Waals surface area (Å²) in [7, 11) is -1.90. The SMILES string of the molecule is CCC(=O)COCCOCCn1cc(CNC(=O)c2ccc(N(C)S(=O)(=O)CCC(C)C)cc2)nn1. The van der Waals surface area contributed by atoms with E-state index in [1.165, 1.54) is 11.4 Å². The van der Waals surface area contributed by atoms with E-state index in [2.05, 4.69) is 15.6 Å². The van der Waals surface area contributed by atoms with Gasteiger partial charge in [0.05, 0.1) is 50.5 Å². The third-order valence-corrected chi connectivity index (χ3v) is 7.17. The van der Waals surface area contributed by atoms with Crippen LogP contribution in [0.1, 0.15) is 49.7 Å². The second-order valence-electron chi connectivity index (χ2n) is 8.73. The number of hydrogen-bond acceptors (Lipinski definition) is 8. The van der Waals surface area contributed by atoms with Crippen molar-refractivity contribution in [3.05, 3.63) is 41.7 Å². The molecule has 12 heteroatoms. The van der Waals surface area contributed by atoms with Crippen molar-refractivity contribution in [1.29, 1.82) is 0 Å². The van der Waals surface area contributed by atoms with Gasteiger partial charge in [-0.2, -0.15) is 0 Å². The van der Waals surface area contributed by atoms with Crippen molar-refractivity contribution in [1.82, 2.24) is 20.3 Å². The van der Waals surface area contributed by atoms with Gasteiger partial charge >= 0.3 is 0 Å². The highest BCUT2D eigenvalue weighted by atomic mass is 32.2. The Bertz CT molecular complexity index is 1070. The molecule has 0 unspecified atom stereocenters. The minimum atomic E-state index is -3.41. The highest BCUT2D eigenvalue weighted by Crippen LogP contribution is 2.19. The van der Waals surface area contributed by atoms with Crippen LogP contribution >= 0.6 is 0 Å². The minimum absolute atomic E-state index is 0.0600. The number of benzene rings is 1. The fourth-order valence-corrected chi connectivity index (χ4v) is 4.46. The Morgan fingerprint density at radius 1 is 1.11 bits per heavy atom. The normalized spacial score (nSPS) is 11.6. The van der Waals surface area contributed by atoms with Crippen LogP contribution in [0.4, 0.5) is 5.69 Å². The van der Waals surface area contributed by atoms with Crippen LogP contribution in [0, 0.1) is 5.92 Å². The number of aromatic nitrogens is 3. The van der Waals surface area contributed by atoms with Crippen molar-refractivity contribution in [2.45, 2.75) is 46.7 Å². The number of ether oxygens (including phenoxy) is 2. The van der Waals surface area contributed by atoms with E-state index in [1.807, 2.05) is 13.8 Å². The molecule has 200 valence electrons. The summed E-state index contributed by atoms with van der Waals surface area (Å²) in [6.07, 6.45) is 2.77. The van der Waals surface area contributed by atoms with Crippen molar-refractivity contribution in [3.63, 3.8) is 0 Å². The maximum Gasteiger partial charge on any atom is 0.251 e. The number of carbonyl (C=O) groups is 2. The van der Waals surface area contributed by atoms with E-state index in [-0.39, 0.29) is 30.6 Å². The zero-order valence-electron chi connectivity index (χ0n) is 21.5. The Labute approximate surface area is 213 Å². The van der Waals surface area contributed by atoms with E-state index in [0.29, 0.717) is 62.1 Å². The highest BCUT2D eigenvalue weighted by molar-refractivity contribution is 7.92. The molecule has 1 amide bonds. The van der Waals surface area contributed by atoms with Crippen LogP contribution in [-0.4, -0.2) is 74.3 Å². The third kappa shape index (κ3) is 10.0. The van der Waals surface area contributed by atoms with Crippen molar-refractivity contribution < 1.29 is 27.5 Å². The summed E-state index contributed by atoms with van der Waals surface area (Å²) in [5.74, 6) is 0.130. The van der Waals surface area contributed by atoms with E-state index in [9.17, 15) is 18.0 Å². The summed E-state index contributed by atoms with van der Waals surface area (Å²) in [6, 6.07) is 6.42. The molecular formula is C24H37N5O6S. The molecule has 1 aromatic carbocycles. The fourth-order valence-electron chi connectivity index (χ4n) is 2.97. The zero-order chi connectivity index (χ0) is 26.6. The molecule has 0 radical (unpaired) electrons. The smallest absolute Gasteiger partial charge is 0.251 e. The Balaban J connectivity index is 1.74. The Hall–Kier alpha value is -2.83. The summed E-state index contributed by atoms with van der Waals surface area (Å²) < 4.78 is 38.5. The van der Waals surface area contributed by atoms with Crippen molar-refractivity contribution in [2.24, 2.45) is 5.92 Å². The first-order valence-corrected chi connectivity index (χ1v) is 13.6. The molecule has 0 saturated carbocycles. The predicted molar refractivity (Wildman–Crippen MR) is 136 cm³/mol. The maximum absolute atomic E-state index is 12.5. The largest absolute Gasteiger partial charge is 0.377 e. The monoisotopic (exact) mass is 523 g/mol. The summed E-state index contributed by atoms with van der Waals surface area (Å²) in [5.41, 5.74) is 1.51. The number of nitrogens with zero attached hydrogens (tertiary/aromatic N) is 4. The number of carbonyl (C=O) groups excluding carboxylic acids is 2. The second-order valence-corrected chi connectivity index (χ2v) is 10.8. The van der Waals surface area contributed by atoms with Crippen LogP contribution in [0.5, 0.6) is 0 Å². The predicted octanol–water partition coefficient (Wildman–Crippen LogP) is 2.03. The first-order valence-electron chi connectivity index (χ1n) is 12.0. The van der Waals surface area contributed by atoms with Gasteiger partial charge in [0.15, 0.2) is 5.78 Å². The van der Waals surface area contributed by atoms with E-state index in [4.69, 9.17) is 9.47 Å². The zero-order valence-corrected chi connectivity index (χ0v) is 22.3. The van der Waals surface area contributed by atoms with Crippen LogP contribution in [0.2, 0.25) is 0 Å². The number of hydrogen-bond donors (Lipinski definition) is 1. The van der Waals surface area contributed by atoms with Gasteiger partial charge < -0.3 is 14.8 Å². The van der Waals surface area contributed by atoms with Gasteiger partial charge in [-0.25, -0.2) is 13.1 Å². The van der Waals surface area contributed by atoms with E-state index >= 15 is 0 Å². The lowest BCUT2D eigenvalue weighted by Crippen LogP contribution is -2.29. The van der Waals surface area contributed by atoms with Gasteiger partial charge in [-0.15, -0.1) is 5.10 Å². The molecule has 0 aliphatic carbocycles. The lowest BCUT2D eigenvalue weighted by Gasteiger charge is -2.20. The molecule has 36 heavy (non-hydrogen) atoms. The van der Waals surface area contributed by atoms with Gasteiger partial charge in [0.25, 0.3) is 5.91 Å². The molecule has 1 aromatic heterocycles. The molecule has 2 aromatic rings. The molecule has 0 spiro atoms. The van der Waals surface area contributed by atoms with Gasteiger partial charge in [0.2, 0.25) is 10.0 Å². The lowest BCUT2D eigenvalue weighted by atomic mass is 10.2. The summed E-state index contributed by atoms with van der Waals surface area (Å²) >= 11 is 0. The molecule has 2 rings (SSSR count). The number of Topliss-reactive ketones (excluding diaryl/α,β-unsaturated/α-hetero) is 1. The van der Waals surface area contributed by atoms with Crippen LogP contribution < -0.4 is 9.62 Å². The van der Waals surface area contributed by atoms with E-state index < -0.39 is 10.0 Å². The average molecular weight is 524 g/mol. The molecule has 1 heterocycles. The van der Waals surface area contributed by atoms with Crippen molar-refractivity contribution in [3.8, 4) is 0 Å². The van der Waals surface area contributed by atoms with Gasteiger partial charge in [-0.1, -0.05) is 26.0 Å². The minimum Gasteiger partial charge on any atom is -0.377 e. The van der Waals surface area contributed by atoms with Gasteiger partial charge in [-0.05, 0) is 36.6 Å². The Kier molecular flexibility index (Phi) is 12.0. The van der Waals surface area contributed by atoms with Crippen LogP contribution in [0.3, 0.4) is 0 Å². The lowest BCUT2D eigenvalue weighted by molar-refractivity contribution is -0.123. The number of amides is 1. The molecule has 0 aliphatic rings. The third-order valence-electron chi connectivity index (χ3n) is 5.37. The molecule has 0 fully saturated rings. The number of rotatable bonds is 17. The number of nitrogens with one attached hydrogen (secondary N) is 1. The molecule has 0 aliphatic heterocycles. The number of ketones is 1. The Morgan fingerprint density at radius 2 is 1.81 bits per heavy atom. The van der Waals surface area contributed by atoms with Gasteiger partial charge in [0, 0.05) is 19.0 Å². The van der Waals surface area contributed by atoms with Crippen molar-refractivity contribution >= 4 is 27.4 Å². The fraction of sp³-hybridized carbons (Fsp3) is 0.583. The standard InChI is InChI=1S/C24H37N5O6S/c1-5-23(30)18-35-14-13-34-12-11-29-17-21(26-27-29)16-25-24(31)20-6-8-22(9-7-20)28(4)36(32,33)15-10-19(2)3/h6-9,17,19H,5,10-16,18H2,1-4H3,(H,25,31). The Morgan fingerprint density at radius 3 is 2.47 bits per heavy atom. The quantitative estimate of drug-likeness (QED) is 0.312. The van der Waals surface area contributed by atoms with Gasteiger partial charge in [0.1, 0.15) is 12.3 Å². The van der Waals surface area contributed by atoms with Crippen LogP contribution in [0.25, 0.3) is 0 Å². The van der Waals surface area contributed by atoms with Gasteiger partial charge in [-0.3, -0.25) is 13.9 Å². The number of anilines is 1. The maximum atomic E-state index is 12.5. The molecule has 0 saturated heterocycles. The van der Waals surface area contributed by atoms with Crippen molar-refractivity contribution in [2.75, 3.05) is 43.5 Å². The molecular weight excluding hydrogens is 486 g/mol. The molecule has 0 bridgehead atoms. The summed E-state index contributed by atoms with van der Waals surface area (Å²) in [4.78, 5) is 23.6. The first-order chi connectivity index (χ1) is 17.1.